The van der Waals surface area contributed by atoms with E-state index in [4.69, 9.17) is 28.3 Å². The lowest BCUT2D eigenvalue weighted by Crippen LogP contribution is -2.68. The van der Waals surface area contributed by atoms with Crippen LogP contribution in [-0.4, -0.2) is 187 Å². The van der Waals surface area contributed by atoms with Crippen molar-refractivity contribution in [1.82, 2.24) is 63.8 Å². The summed E-state index contributed by atoms with van der Waals surface area (Å²) in [6.07, 6.45) is -12.0. The monoisotopic (exact) mass is 1030 g/mol. The molecule has 7 amide bonds. The van der Waals surface area contributed by atoms with Gasteiger partial charge in [0.15, 0.2) is 36.4 Å². The minimum Gasteiger partial charge on any atom is -0.481 e. The Morgan fingerprint density at radius 1 is 0.611 bits per heavy atom. The van der Waals surface area contributed by atoms with E-state index in [0.717, 1.165) is 20.8 Å². The molecule has 72 heavy (non-hydrogen) atoms. The molecule has 0 aromatic heterocycles. The first kappa shape index (κ1) is 64.7. The van der Waals surface area contributed by atoms with Crippen LogP contribution in [0.3, 0.4) is 0 Å². The van der Waals surface area contributed by atoms with Crippen LogP contribution in [0.2, 0.25) is 0 Å². The molecular formula is C39H67N17O16. The van der Waals surface area contributed by atoms with Crippen molar-refractivity contribution in [1.29, 1.82) is 5.41 Å². The minimum absolute atomic E-state index is 0.0353. The molecule has 0 rings (SSSR count). The Labute approximate surface area is 411 Å². The molecule has 0 bridgehead atoms. The van der Waals surface area contributed by atoms with E-state index in [1.54, 1.807) is 0 Å². The zero-order chi connectivity index (χ0) is 55.1. The molecular weight excluding hydrogens is 963 g/mol. The molecule has 1 unspecified atom stereocenters. The second-order valence-corrected chi connectivity index (χ2v) is 15.7. The Hall–Kier alpha value is -7.27. The summed E-state index contributed by atoms with van der Waals surface area (Å²) in [6, 6.07) is -7.51. The molecule has 23 N–H and O–H groups in total. The number of aliphatic carboxylic acids is 1. The number of rotatable bonds is 41. The topological polar surface area (TPSA) is 552 Å². The fraction of sp³-hybridized carbons (Fsp3) is 0.615. The number of carbonyl (C=O) groups is 14. The standard InChI is InChI=1S/C39H67N17O16/c1-18(34(68)54-31(50-22(16-59)13-25(41)63)37(71)53-29(28(42)67)49-21(15-58)7-6-10-46-39(43)44)47-36(70)33(52-24(8-4-5-9-40)27(66)19(2)61)56-38(72)32(51-23(17-60)14-26(64)65)55-35(69)30(45-11-12-57)48-20(3)62/h12,15-18,21-24,29-34,45,49-52,54,68H,4-11,13-14,40H2,1-3H3,(H2,41,63)(H2,42,67)(H,47,70)(H,48,62)(H,53,71)(H,55,69)(H,56,72)(H,64,65)(H4,43,44,46)/t18-,21+,22+,23+,24-,29+,30+,31+,32+,33+,34?/m0/s1. The SMILES string of the molecule is CC(=O)N[C@@H](NCC=O)C(=O)N[C@@H](N[C@@H](C=O)CC(=O)O)C(=O)N[C@@H](N[C@@H](CCCCN)C(=O)C(C)=O)C(=O)N[C@@H](C)C(O)N[C@@H](N[C@@H](C=O)CC(N)=O)C(=O)N[C@@H](N[C@@H](C=O)CCCNC(=N)N)C(N)=O. The molecule has 0 spiro atoms. The summed E-state index contributed by atoms with van der Waals surface area (Å²) in [7, 11) is 0. The summed E-state index contributed by atoms with van der Waals surface area (Å²) in [5.41, 5.74) is 21.5. The van der Waals surface area contributed by atoms with Gasteiger partial charge >= 0.3 is 5.97 Å². The number of ketones is 2. The molecule has 33 heteroatoms. The number of unbranched alkanes of at least 4 members (excludes halogenated alkanes) is 1. The number of aliphatic hydroxyl groups excluding tert-OH is 1. The van der Waals surface area contributed by atoms with Gasteiger partial charge in [-0.2, -0.15) is 0 Å². The van der Waals surface area contributed by atoms with Crippen LogP contribution in [0.25, 0.3) is 0 Å². The number of amides is 7. The highest BCUT2D eigenvalue weighted by molar-refractivity contribution is 6.38. The summed E-state index contributed by atoms with van der Waals surface area (Å²) in [5.74, 6) is -12.3. The quantitative estimate of drug-likeness (QED) is 0.00675. The third-order valence-electron chi connectivity index (χ3n) is 9.56. The molecule has 0 aromatic rings. The maximum absolute atomic E-state index is 14.1. The van der Waals surface area contributed by atoms with Crippen LogP contribution >= 0.6 is 0 Å². The van der Waals surface area contributed by atoms with Crippen molar-refractivity contribution < 1.29 is 77.3 Å². The van der Waals surface area contributed by atoms with Crippen LogP contribution < -0.4 is 86.7 Å². The third kappa shape index (κ3) is 26.6. The number of carboxylic acid groups (broad SMARTS) is 1. The highest BCUT2D eigenvalue weighted by Crippen LogP contribution is 2.06. The molecule has 0 aliphatic heterocycles. The van der Waals surface area contributed by atoms with Crippen molar-refractivity contribution in [3.05, 3.63) is 0 Å². The molecule has 0 radical (unpaired) electrons. The number of carboxylic acids is 1. The van der Waals surface area contributed by atoms with E-state index in [1.807, 2.05) is 0 Å². The second-order valence-electron chi connectivity index (χ2n) is 15.7. The summed E-state index contributed by atoms with van der Waals surface area (Å²) < 4.78 is 0. The van der Waals surface area contributed by atoms with Crippen molar-refractivity contribution >= 4 is 90.0 Å². The Kier molecular flexibility index (Phi) is 31.4. The molecule has 33 nitrogen and oxygen atoms in total. The Balaban J connectivity index is 7.14. The normalized spacial score (nSPS) is 15.5. The Bertz CT molecular complexity index is 1930. The number of Topliss-reactive ketones (excluding diaryl/α,β-unsaturated/α-hetero) is 2. The van der Waals surface area contributed by atoms with Gasteiger partial charge in [-0.05, 0) is 39.2 Å². The molecule has 11 atom stereocenters. The summed E-state index contributed by atoms with van der Waals surface area (Å²) in [5, 5.41) is 55.7. The van der Waals surface area contributed by atoms with Crippen molar-refractivity contribution in [2.45, 2.75) is 133 Å². The Morgan fingerprint density at radius 2 is 1.12 bits per heavy atom. The van der Waals surface area contributed by atoms with Crippen LogP contribution in [0.4, 0.5) is 0 Å². The van der Waals surface area contributed by atoms with E-state index in [-0.39, 0.29) is 57.3 Å². The average molecular weight is 1030 g/mol. The van der Waals surface area contributed by atoms with Gasteiger partial charge in [0.1, 0.15) is 37.5 Å². The number of hydrogen-bond acceptors (Lipinski definition) is 23. The fourth-order valence-corrected chi connectivity index (χ4v) is 6.02. The maximum atomic E-state index is 14.1. The van der Waals surface area contributed by atoms with Gasteiger partial charge < -0.3 is 84.2 Å². The van der Waals surface area contributed by atoms with Crippen LogP contribution in [0, 0.1) is 5.41 Å². The van der Waals surface area contributed by atoms with Gasteiger partial charge in [0.2, 0.25) is 17.6 Å². The summed E-state index contributed by atoms with van der Waals surface area (Å²) in [6.45, 7) is 2.80. The first-order valence-electron chi connectivity index (χ1n) is 22.0. The molecule has 0 aromatic carbocycles. The number of hydrogen-bond donors (Lipinski definition) is 19. The summed E-state index contributed by atoms with van der Waals surface area (Å²) >= 11 is 0. The minimum atomic E-state index is -2.16. The number of carbonyl (C=O) groups excluding carboxylic acids is 13. The van der Waals surface area contributed by atoms with E-state index < -0.39 is 146 Å². The van der Waals surface area contributed by atoms with Gasteiger partial charge in [-0.15, -0.1) is 0 Å². The number of nitrogens with one attached hydrogen (secondary N) is 13. The molecule has 0 aliphatic carbocycles. The lowest BCUT2D eigenvalue weighted by Gasteiger charge is -2.32. The largest absolute Gasteiger partial charge is 0.481 e. The number of nitrogens with two attached hydrogens (primary N) is 4. The molecule has 0 fully saturated rings. The zero-order valence-electron chi connectivity index (χ0n) is 39.7. The number of aldehydes is 4. The van der Waals surface area contributed by atoms with Gasteiger partial charge in [-0.1, -0.05) is 6.42 Å². The van der Waals surface area contributed by atoms with E-state index in [2.05, 4.69) is 63.8 Å². The first-order valence-corrected chi connectivity index (χ1v) is 22.0. The third-order valence-corrected chi connectivity index (χ3v) is 9.56. The van der Waals surface area contributed by atoms with E-state index in [9.17, 15) is 77.3 Å². The molecule has 0 aliphatic rings. The fourth-order valence-electron chi connectivity index (χ4n) is 6.02. The van der Waals surface area contributed by atoms with Crippen molar-refractivity contribution in [3.8, 4) is 0 Å². The first-order chi connectivity index (χ1) is 33.8. The molecule has 0 heterocycles. The zero-order valence-corrected chi connectivity index (χ0v) is 39.7. The van der Waals surface area contributed by atoms with Crippen LogP contribution in [0.1, 0.15) is 65.7 Å². The van der Waals surface area contributed by atoms with Crippen molar-refractivity contribution in [3.63, 3.8) is 0 Å². The molecule has 404 valence electrons. The van der Waals surface area contributed by atoms with Crippen molar-refractivity contribution in [2.24, 2.45) is 22.9 Å². The van der Waals surface area contributed by atoms with E-state index >= 15 is 0 Å². The predicted molar refractivity (Wildman–Crippen MR) is 247 cm³/mol. The summed E-state index contributed by atoms with van der Waals surface area (Å²) in [4.78, 5) is 175. The number of guanidine groups is 1. The van der Waals surface area contributed by atoms with Crippen LogP contribution in [0.15, 0.2) is 0 Å². The van der Waals surface area contributed by atoms with Gasteiger partial charge in [-0.3, -0.25) is 85.3 Å². The lowest BCUT2D eigenvalue weighted by atomic mass is 10.0. The lowest BCUT2D eigenvalue weighted by molar-refractivity contribution is -0.139. The van der Waals surface area contributed by atoms with Crippen molar-refractivity contribution in [2.75, 3.05) is 19.6 Å². The van der Waals surface area contributed by atoms with Crippen LogP contribution in [0.5, 0.6) is 0 Å². The predicted octanol–water partition coefficient (Wildman–Crippen LogP) is -10.9. The van der Waals surface area contributed by atoms with E-state index in [0.29, 0.717) is 19.0 Å². The van der Waals surface area contributed by atoms with Gasteiger partial charge in [0.25, 0.3) is 29.5 Å². The van der Waals surface area contributed by atoms with Crippen LogP contribution in [-0.2, 0) is 67.1 Å². The second kappa shape index (κ2) is 34.9. The molecule has 0 saturated heterocycles. The van der Waals surface area contributed by atoms with Gasteiger partial charge in [0.05, 0.1) is 43.2 Å². The average Bonchev–Trinajstić information content (AvgIpc) is 3.30. The smallest absolute Gasteiger partial charge is 0.305 e. The highest BCUT2D eigenvalue weighted by atomic mass is 16.4. The maximum Gasteiger partial charge on any atom is 0.305 e. The highest BCUT2D eigenvalue weighted by Gasteiger charge is 2.36. The number of aliphatic hydroxyl groups is 1. The molecule has 0 saturated carbocycles. The Morgan fingerprint density at radius 3 is 1.62 bits per heavy atom. The van der Waals surface area contributed by atoms with Gasteiger partial charge in [0, 0.05) is 26.8 Å². The number of primary amides is 2. The van der Waals surface area contributed by atoms with E-state index in [1.165, 1.54) is 0 Å². The van der Waals surface area contributed by atoms with Gasteiger partial charge in [-0.25, -0.2) is 0 Å².